The molecule has 3 aliphatic heterocycles. The zero-order chi connectivity index (χ0) is 26.8. The van der Waals surface area contributed by atoms with Gasteiger partial charge in [-0.05, 0) is 48.4 Å². The quantitative estimate of drug-likeness (QED) is 0.408. The van der Waals surface area contributed by atoms with Crippen LogP contribution in [0.3, 0.4) is 0 Å². The second-order valence-electron chi connectivity index (χ2n) is 9.73. The van der Waals surface area contributed by atoms with Crippen molar-refractivity contribution in [3.05, 3.63) is 95.0 Å². The van der Waals surface area contributed by atoms with E-state index in [9.17, 15) is 9.59 Å². The van der Waals surface area contributed by atoms with E-state index in [-0.39, 0.29) is 18.2 Å². The van der Waals surface area contributed by atoms with Gasteiger partial charge in [0.05, 0.1) is 5.69 Å². The van der Waals surface area contributed by atoms with Crippen molar-refractivity contribution in [2.24, 2.45) is 9.98 Å². The molecule has 0 spiro atoms. The van der Waals surface area contributed by atoms with Gasteiger partial charge in [-0.25, -0.2) is 4.99 Å². The van der Waals surface area contributed by atoms with E-state index < -0.39 is 6.04 Å². The molecule has 9 heteroatoms. The lowest BCUT2D eigenvalue weighted by Gasteiger charge is -2.36. The monoisotopic (exact) mass is 557 g/mol. The molecule has 1 fully saturated rings. The minimum Gasteiger partial charge on any atom is -0.368 e. The fourth-order valence-electron chi connectivity index (χ4n) is 5.18. The van der Waals surface area contributed by atoms with Crippen LogP contribution in [0.25, 0.3) is 0 Å². The number of hydrogen-bond acceptors (Lipinski definition) is 6. The van der Waals surface area contributed by atoms with Gasteiger partial charge in [-0.1, -0.05) is 65.8 Å². The average molecular weight is 558 g/mol. The third-order valence-electron chi connectivity index (χ3n) is 7.27. The van der Waals surface area contributed by atoms with Crippen molar-refractivity contribution in [3.63, 3.8) is 0 Å². The minimum absolute atomic E-state index is 0.0775. The molecule has 0 bridgehead atoms. The number of carbonyl (C=O) groups excluding carboxylic acids is 2. The zero-order valence-corrected chi connectivity index (χ0v) is 22.9. The first kappa shape index (κ1) is 25.6. The smallest absolute Gasteiger partial charge is 0.270 e. The number of nitrogens with zero attached hydrogens (tertiary/aromatic N) is 5. The molecular formula is C30H28ClN5O2S. The van der Waals surface area contributed by atoms with E-state index in [1.165, 1.54) is 5.69 Å². The van der Waals surface area contributed by atoms with Gasteiger partial charge in [0.15, 0.2) is 5.17 Å². The van der Waals surface area contributed by atoms with Crippen molar-refractivity contribution in [2.45, 2.75) is 24.6 Å². The molecule has 6 rings (SSSR count). The maximum absolute atomic E-state index is 13.2. The largest absolute Gasteiger partial charge is 0.368 e. The number of rotatable bonds is 6. The number of halogens is 1. The fourth-order valence-corrected chi connectivity index (χ4v) is 6.31. The summed E-state index contributed by atoms with van der Waals surface area (Å²) < 4.78 is 0. The van der Waals surface area contributed by atoms with E-state index in [0.29, 0.717) is 36.1 Å². The van der Waals surface area contributed by atoms with Gasteiger partial charge in [-0.15, -0.1) is 0 Å². The third-order valence-corrected chi connectivity index (χ3v) is 8.55. The van der Waals surface area contributed by atoms with Crippen molar-refractivity contribution in [1.82, 2.24) is 9.80 Å². The van der Waals surface area contributed by atoms with E-state index >= 15 is 0 Å². The van der Waals surface area contributed by atoms with Crippen LogP contribution in [0.5, 0.6) is 0 Å². The first-order valence-electron chi connectivity index (χ1n) is 13.1. The highest BCUT2D eigenvalue weighted by Crippen LogP contribution is 2.36. The molecule has 3 aliphatic rings. The Morgan fingerprint density at radius 3 is 2.38 bits per heavy atom. The Balaban J connectivity index is 1.13. The van der Waals surface area contributed by atoms with Crippen molar-refractivity contribution in [2.75, 3.05) is 31.1 Å². The predicted octanol–water partition coefficient (Wildman–Crippen LogP) is 5.36. The summed E-state index contributed by atoms with van der Waals surface area (Å²) in [5.74, 6) is 1.16. The second kappa shape index (κ2) is 11.2. The number of anilines is 1. The molecule has 0 aromatic heterocycles. The van der Waals surface area contributed by atoms with Crippen LogP contribution in [-0.4, -0.2) is 64.8 Å². The lowest BCUT2D eigenvalue weighted by molar-refractivity contribution is -0.131. The summed E-state index contributed by atoms with van der Waals surface area (Å²) in [5, 5.41) is 1.42. The average Bonchev–Trinajstić information content (AvgIpc) is 3.32. The van der Waals surface area contributed by atoms with Crippen LogP contribution < -0.4 is 4.90 Å². The lowest BCUT2D eigenvalue weighted by atomic mass is 10.1. The molecule has 7 nitrogen and oxygen atoms in total. The van der Waals surface area contributed by atoms with Crippen molar-refractivity contribution in [1.29, 1.82) is 0 Å². The summed E-state index contributed by atoms with van der Waals surface area (Å²) in [7, 11) is 0. The normalized spacial score (nSPS) is 18.4. The summed E-state index contributed by atoms with van der Waals surface area (Å²) in [4.78, 5) is 41.8. The topological polar surface area (TPSA) is 68.6 Å². The molecule has 0 radical (unpaired) electrons. The Kier molecular flexibility index (Phi) is 7.39. The first-order valence-corrected chi connectivity index (χ1v) is 14.5. The number of carbonyl (C=O) groups is 2. The van der Waals surface area contributed by atoms with Crippen LogP contribution in [-0.2, 0) is 15.3 Å². The summed E-state index contributed by atoms with van der Waals surface area (Å²) >= 11 is 7.61. The molecule has 0 aliphatic carbocycles. The Hall–Kier alpha value is -3.62. The molecule has 1 unspecified atom stereocenters. The van der Waals surface area contributed by atoms with Crippen LogP contribution in [0.4, 0.5) is 11.4 Å². The molecular weight excluding hydrogens is 530 g/mol. The molecule has 1 saturated heterocycles. The van der Waals surface area contributed by atoms with E-state index in [4.69, 9.17) is 16.6 Å². The van der Waals surface area contributed by atoms with Crippen molar-refractivity contribution >= 4 is 57.6 Å². The van der Waals surface area contributed by atoms with Gasteiger partial charge in [0, 0.05) is 54.6 Å². The van der Waals surface area contributed by atoms with Gasteiger partial charge in [0.2, 0.25) is 5.91 Å². The highest BCUT2D eigenvalue weighted by molar-refractivity contribution is 8.13. The predicted molar refractivity (Wildman–Crippen MR) is 158 cm³/mol. The molecule has 39 heavy (non-hydrogen) atoms. The van der Waals surface area contributed by atoms with Gasteiger partial charge < -0.3 is 9.80 Å². The molecule has 0 saturated carbocycles. The number of para-hydroxylation sites is 2. The maximum atomic E-state index is 13.2. The Labute approximate surface area is 237 Å². The molecule has 1 atom stereocenters. The van der Waals surface area contributed by atoms with Crippen LogP contribution in [0, 0.1) is 0 Å². The molecule has 198 valence electrons. The summed E-state index contributed by atoms with van der Waals surface area (Å²) in [6.45, 7) is 2.95. The van der Waals surface area contributed by atoms with Gasteiger partial charge in [0.25, 0.3) is 5.91 Å². The first-order chi connectivity index (χ1) is 19.1. The van der Waals surface area contributed by atoms with Gasteiger partial charge >= 0.3 is 0 Å². The third kappa shape index (κ3) is 5.44. The van der Waals surface area contributed by atoms with E-state index in [1.54, 1.807) is 11.8 Å². The second-order valence-corrected chi connectivity index (χ2v) is 11.1. The summed E-state index contributed by atoms with van der Waals surface area (Å²) in [5.41, 5.74) is 3.93. The molecule has 3 heterocycles. The number of fused-ring (bicyclic) bond motifs is 3. The Bertz CT molecular complexity index is 1440. The summed E-state index contributed by atoms with van der Waals surface area (Å²) in [6.07, 6.45) is 0.685. The number of piperazine rings is 1. The molecule has 3 aromatic carbocycles. The molecule has 3 aromatic rings. The van der Waals surface area contributed by atoms with Crippen molar-refractivity contribution < 1.29 is 9.59 Å². The number of benzene rings is 3. The Morgan fingerprint density at radius 1 is 0.897 bits per heavy atom. The maximum Gasteiger partial charge on any atom is 0.270 e. The number of hydrogen-bond donors (Lipinski definition) is 0. The number of amidine groups is 2. The highest BCUT2D eigenvalue weighted by Gasteiger charge is 2.42. The van der Waals surface area contributed by atoms with E-state index in [2.05, 4.69) is 22.0 Å². The standard InChI is InChI=1S/C30H28ClN5O2S/c31-22-12-10-21(11-13-22)20-39-30-32-25-9-5-4-8-24(25)28-33-29(38)26(36(28)30)14-15-27(37)35-18-16-34(17-19-35)23-6-2-1-3-7-23/h1-13,26H,14-20H2. The highest BCUT2D eigenvalue weighted by atomic mass is 35.5. The van der Waals surface area contributed by atoms with Crippen LogP contribution in [0.15, 0.2) is 88.8 Å². The summed E-state index contributed by atoms with van der Waals surface area (Å²) in [6, 6.07) is 25.2. The number of aliphatic imine (C=N–C) groups is 2. The molecule has 2 amide bonds. The lowest BCUT2D eigenvalue weighted by Crippen LogP contribution is -2.49. The number of thioether (sulfide) groups is 1. The van der Waals surface area contributed by atoms with Crippen molar-refractivity contribution in [3.8, 4) is 0 Å². The van der Waals surface area contributed by atoms with Crippen LogP contribution in [0.2, 0.25) is 5.02 Å². The van der Waals surface area contributed by atoms with Crippen LogP contribution in [0.1, 0.15) is 24.0 Å². The fraction of sp³-hybridized carbons (Fsp3) is 0.267. The molecule has 0 N–H and O–H groups in total. The van der Waals surface area contributed by atoms with E-state index in [1.807, 2.05) is 76.5 Å². The number of amides is 2. The van der Waals surface area contributed by atoms with Gasteiger partial charge in [0.1, 0.15) is 11.9 Å². The minimum atomic E-state index is -0.542. The van der Waals surface area contributed by atoms with Gasteiger partial charge in [-0.3, -0.25) is 14.5 Å². The SMILES string of the molecule is O=C1N=C2c3ccccc3N=C(SCc3ccc(Cl)cc3)N2C1CCC(=O)N1CCN(c2ccccc2)CC1. The van der Waals surface area contributed by atoms with Crippen LogP contribution >= 0.6 is 23.4 Å². The van der Waals surface area contributed by atoms with Gasteiger partial charge in [-0.2, -0.15) is 4.99 Å². The zero-order valence-electron chi connectivity index (χ0n) is 21.4. The van der Waals surface area contributed by atoms with E-state index in [0.717, 1.165) is 35.1 Å². The Morgan fingerprint density at radius 2 is 1.62 bits per heavy atom.